The molecule has 1 N–H and O–H groups in total. The molecule has 0 saturated heterocycles. The molecule has 1 aromatic carbocycles. The number of alkyl halides is 3. The highest BCUT2D eigenvalue weighted by Crippen LogP contribution is 2.57. The van der Waals surface area contributed by atoms with Crippen LogP contribution in [0.1, 0.15) is 44.9 Å². The highest BCUT2D eigenvalue weighted by Gasteiger charge is 2.40. The van der Waals surface area contributed by atoms with Crippen molar-refractivity contribution >= 4 is 7.60 Å². The Labute approximate surface area is 146 Å². The van der Waals surface area contributed by atoms with E-state index in [9.17, 15) is 22.8 Å². The molecule has 2 atom stereocenters. The van der Waals surface area contributed by atoms with Gasteiger partial charge in [0.2, 0.25) is 0 Å². The van der Waals surface area contributed by atoms with E-state index < -0.39 is 31.1 Å². The summed E-state index contributed by atoms with van der Waals surface area (Å²) < 4.78 is 62.4. The van der Waals surface area contributed by atoms with Gasteiger partial charge in [-0.15, -0.1) is 0 Å². The summed E-state index contributed by atoms with van der Waals surface area (Å²) in [7, 11) is -3.77. The van der Waals surface area contributed by atoms with Crippen LogP contribution >= 0.6 is 7.60 Å². The van der Waals surface area contributed by atoms with Crippen molar-refractivity contribution in [2.24, 2.45) is 0 Å². The Morgan fingerprint density at radius 3 is 2.24 bits per heavy atom. The van der Waals surface area contributed by atoms with Crippen molar-refractivity contribution in [3.05, 3.63) is 47.0 Å². The fourth-order valence-electron chi connectivity index (χ4n) is 2.36. The maximum absolute atomic E-state index is 13.1. The van der Waals surface area contributed by atoms with Crippen LogP contribution in [-0.4, -0.2) is 24.0 Å². The Morgan fingerprint density at radius 1 is 1.24 bits per heavy atom. The van der Waals surface area contributed by atoms with E-state index in [-0.39, 0.29) is 18.8 Å². The smallest absolute Gasteiger partial charge is 0.387 e. The van der Waals surface area contributed by atoms with E-state index in [1.807, 2.05) is 0 Å². The fourth-order valence-corrected chi connectivity index (χ4v) is 4.50. The molecule has 0 aliphatic carbocycles. The van der Waals surface area contributed by atoms with Gasteiger partial charge in [-0.05, 0) is 45.4 Å². The van der Waals surface area contributed by atoms with Gasteiger partial charge in [-0.2, -0.15) is 13.2 Å². The quantitative estimate of drug-likeness (QED) is 0.489. The number of allylic oxidation sites excluding steroid dienone is 1. The Bertz CT molecular complexity index is 629. The molecule has 0 radical (unpaired) electrons. The van der Waals surface area contributed by atoms with Gasteiger partial charge in [0.1, 0.15) is 5.66 Å². The highest BCUT2D eigenvalue weighted by molar-refractivity contribution is 7.54. The lowest BCUT2D eigenvalue weighted by atomic mass is 10.0. The van der Waals surface area contributed by atoms with Gasteiger partial charge in [0.05, 0.1) is 24.9 Å². The van der Waals surface area contributed by atoms with Gasteiger partial charge in [-0.3, -0.25) is 4.57 Å². The second-order valence-electron chi connectivity index (χ2n) is 5.68. The molecule has 0 spiro atoms. The molecular formula is C17H24F3O4P. The second-order valence-corrected chi connectivity index (χ2v) is 7.87. The van der Waals surface area contributed by atoms with Crippen LogP contribution in [0.25, 0.3) is 0 Å². The topological polar surface area (TPSA) is 55.8 Å². The average Bonchev–Trinajstić information content (AvgIpc) is 2.51. The van der Waals surface area contributed by atoms with Crippen LogP contribution in [0.3, 0.4) is 0 Å². The standard InChI is InChI=1S/C17H24F3O4P/c1-5-23-25(22,24-6-2)15(10-12(3)4)16(21)13-8-7-9-14(11-13)17(18,19)20/h7-11,15-16,21H,5-6H2,1-4H3/t15-,16-/m0/s1. The molecule has 0 aromatic heterocycles. The SMILES string of the molecule is CCOP(=O)(OCC)[C@@H](C=C(C)C)[C@@H](O)c1cccc(C(F)(F)F)c1. The first kappa shape index (κ1) is 21.9. The van der Waals surface area contributed by atoms with Crippen LogP contribution < -0.4 is 0 Å². The van der Waals surface area contributed by atoms with Crippen LogP contribution in [-0.2, 0) is 19.8 Å². The number of hydrogen-bond acceptors (Lipinski definition) is 4. The lowest BCUT2D eigenvalue weighted by Crippen LogP contribution is -2.21. The number of benzene rings is 1. The summed E-state index contributed by atoms with van der Waals surface area (Å²) in [5.74, 6) is 0. The predicted octanol–water partition coefficient (Wildman–Crippen LogP) is 5.34. The molecule has 0 bridgehead atoms. The molecule has 1 aromatic rings. The third kappa shape index (κ3) is 5.96. The zero-order valence-corrected chi connectivity index (χ0v) is 15.6. The van der Waals surface area contributed by atoms with Crippen molar-refractivity contribution < 1.29 is 31.9 Å². The van der Waals surface area contributed by atoms with E-state index in [1.165, 1.54) is 18.2 Å². The monoisotopic (exact) mass is 380 g/mol. The van der Waals surface area contributed by atoms with Crippen LogP contribution in [0, 0.1) is 0 Å². The van der Waals surface area contributed by atoms with E-state index in [2.05, 4.69) is 0 Å². The van der Waals surface area contributed by atoms with Crippen molar-refractivity contribution in [2.45, 2.75) is 45.6 Å². The molecular weight excluding hydrogens is 356 g/mol. The van der Waals surface area contributed by atoms with Crippen molar-refractivity contribution in [2.75, 3.05) is 13.2 Å². The van der Waals surface area contributed by atoms with Gasteiger partial charge in [0.15, 0.2) is 0 Å². The summed E-state index contributed by atoms with van der Waals surface area (Å²) in [6.07, 6.45) is -4.50. The van der Waals surface area contributed by atoms with Crippen molar-refractivity contribution in [1.29, 1.82) is 0 Å². The number of rotatable bonds is 8. The number of aliphatic hydroxyl groups excluding tert-OH is 1. The number of aliphatic hydroxyl groups is 1. The summed E-state index contributed by atoms with van der Waals surface area (Å²) in [4.78, 5) is 0. The second kappa shape index (κ2) is 8.99. The first-order valence-corrected chi connectivity index (χ1v) is 9.55. The normalized spacial score (nSPS) is 14.9. The van der Waals surface area contributed by atoms with Crippen LogP contribution in [0.15, 0.2) is 35.9 Å². The minimum Gasteiger partial charge on any atom is -0.387 e. The first-order chi connectivity index (χ1) is 11.5. The average molecular weight is 380 g/mol. The van der Waals surface area contributed by atoms with Crippen LogP contribution in [0.4, 0.5) is 13.2 Å². The van der Waals surface area contributed by atoms with E-state index in [1.54, 1.807) is 27.7 Å². The minimum absolute atomic E-state index is 0.00282. The number of halogens is 3. The maximum atomic E-state index is 13.1. The molecule has 0 aliphatic rings. The molecule has 0 heterocycles. The van der Waals surface area contributed by atoms with Crippen molar-refractivity contribution in [1.82, 2.24) is 0 Å². The third-order valence-corrected chi connectivity index (χ3v) is 5.76. The summed E-state index contributed by atoms with van der Waals surface area (Å²) in [6.45, 7) is 6.88. The Kier molecular flexibility index (Phi) is 7.88. The van der Waals surface area contributed by atoms with Gasteiger partial charge in [-0.25, -0.2) is 0 Å². The summed E-state index contributed by atoms with van der Waals surface area (Å²) in [5, 5.41) is 10.7. The van der Waals surface area contributed by atoms with E-state index in [0.717, 1.165) is 17.7 Å². The molecule has 142 valence electrons. The molecule has 4 nitrogen and oxygen atoms in total. The maximum Gasteiger partial charge on any atom is 0.416 e. The zero-order valence-electron chi connectivity index (χ0n) is 14.7. The molecule has 25 heavy (non-hydrogen) atoms. The molecule has 0 fully saturated rings. The minimum atomic E-state index is -4.54. The highest BCUT2D eigenvalue weighted by atomic mass is 31.2. The van der Waals surface area contributed by atoms with Gasteiger partial charge < -0.3 is 14.2 Å². The number of hydrogen-bond donors (Lipinski definition) is 1. The van der Waals surface area contributed by atoms with Gasteiger partial charge in [0, 0.05) is 0 Å². The predicted molar refractivity (Wildman–Crippen MR) is 90.5 cm³/mol. The molecule has 0 aliphatic heterocycles. The summed E-state index contributed by atoms with van der Waals surface area (Å²) >= 11 is 0. The van der Waals surface area contributed by atoms with Crippen LogP contribution in [0.2, 0.25) is 0 Å². The Hall–Kier alpha value is -1.14. The zero-order chi connectivity index (χ0) is 19.3. The van der Waals surface area contributed by atoms with Gasteiger partial charge in [-0.1, -0.05) is 23.8 Å². The largest absolute Gasteiger partial charge is 0.416 e. The molecule has 8 heteroatoms. The van der Waals surface area contributed by atoms with E-state index >= 15 is 0 Å². The molecule has 0 amide bonds. The summed E-state index contributed by atoms with van der Waals surface area (Å²) in [6, 6.07) is 4.32. The van der Waals surface area contributed by atoms with Crippen molar-refractivity contribution in [3.63, 3.8) is 0 Å². The third-order valence-electron chi connectivity index (χ3n) is 3.37. The lowest BCUT2D eigenvalue weighted by molar-refractivity contribution is -0.137. The molecule has 0 unspecified atom stereocenters. The lowest BCUT2D eigenvalue weighted by Gasteiger charge is -2.28. The molecule has 0 saturated carbocycles. The molecule has 1 rings (SSSR count). The summed E-state index contributed by atoms with van der Waals surface area (Å²) in [5.41, 5.74) is -1.27. The fraction of sp³-hybridized carbons (Fsp3) is 0.529. The van der Waals surface area contributed by atoms with E-state index in [4.69, 9.17) is 9.05 Å². The Morgan fingerprint density at radius 2 is 1.80 bits per heavy atom. The van der Waals surface area contributed by atoms with Gasteiger partial charge >= 0.3 is 13.8 Å². The first-order valence-electron chi connectivity index (χ1n) is 7.94. The van der Waals surface area contributed by atoms with Crippen LogP contribution in [0.5, 0.6) is 0 Å². The van der Waals surface area contributed by atoms with E-state index in [0.29, 0.717) is 0 Å². The van der Waals surface area contributed by atoms with Crippen molar-refractivity contribution in [3.8, 4) is 0 Å². The Balaban J connectivity index is 3.36. The van der Waals surface area contributed by atoms with Gasteiger partial charge in [0.25, 0.3) is 0 Å².